The summed E-state index contributed by atoms with van der Waals surface area (Å²) in [4.78, 5) is 11.4. The molecule has 0 amide bonds. The number of carbonyl (C=O) groups is 1. The van der Waals surface area contributed by atoms with Crippen LogP contribution in [-0.2, 0) is 4.79 Å². The SMILES string of the molecule is O=C(O)CCCSSc1ccccc1. The Morgan fingerprint density at radius 1 is 1.29 bits per heavy atom. The predicted octanol–water partition coefficient (Wildman–Crippen LogP) is 3.29. The second-order valence-electron chi connectivity index (χ2n) is 2.72. The van der Waals surface area contributed by atoms with Crippen LogP contribution < -0.4 is 0 Å². The molecule has 0 radical (unpaired) electrons. The van der Waals surface area contributed by atoms with Gasteiger partial charge in [0.15, 0.2) is 0 Å². The molecule has 0 saturated heterocycles. The molecule has 0 aromatic heterocycles. The van der Waals surface area contributed by atoms with Crippen LogP contribution >= 0.6 is 21.6 Å². The summed E-state index contributed by atoms with van der Waals surface area (Å²) in [5, 5.41) is 8.41. The van der Waals surface area contributed by atoms with E-state index in [1.807, 2.05) is 18.2 Å². The maximum atomic E-state index is 10.2. The molecule has 0 saturated carbocycles. The molecular formula is C10H12O2S2. The molecule has 1 aromatic rings. The van der Waals surface area contributed by atoms with E-state index in [4.69, 9.17) is 5.11 Å². The lowest BCUT2D eigenvalue weighted by Crippen LogP contribution is -1.94. The van der Waals surface area contributed by atoms with Crippen LogP contribution in [0.3, 0.4) is 0 Å². The van der Waals surface area contributed by atoms with Gasteiger partial charge >= 0.3 is 5.97 Å². The van der Waals surface area contributed by atoms with Crippen molar-refractivity contribution >= 4 is 27.6 Å². The van der Waals surface area contributed by atoms with E-state index in [-0.39, 0.29) is 6.42 Å². The number of hydrogen-bond acceptors (Lipinski definition) is 3. The lowest BCUT2D eigenvalue weighted by atomic mass is 10.3. The number of carboxylic acids is 1. The summed E-state index contributed by atoms with van der Waals surface area (Å²) in [6, 6.07) is 10.1. The normalized spacial score (nSPS) is 10.0. The standard InChI is InChI=1S/C10H12O2S2/c11-10(12)7-4-8-13-14-9-5-2-1-3-6-9/h1-3,5-6H,4,7-8H2,(H,11,12). The van der Waals surface area contributed by atoms with E-state index in [9.17, 15) is 4.79 Å². The van der Waals surface area contributed by atoms with Crippen molar-refractivity contribution in [2.45, 2.75) is 17.7 Å². The molecule has 0 bridgehead atoms. The Morgan fingerprint density at radius 2 is 2.00 bits per heavy atom. The summed E-state index contributed by atoms with van der Waals surface area (Å²) in [5.74, 6) is 0.168. The van der Waals surface area contributed by atoms with Crippen LogP contribution in [0.1, 0.15) is 12.8 Å². The van der Waals surface area contributed by atoms with Gasteiger partial charge in [-0.2, -0.15) is 0 Å². The molecule has 0 aliphatic carbocycles. The molecule has 1 rings (SSSR count). The number of hydrogen-bond donors (Lipinski definition) is 1. The van der Waals surface area contributed by atoms with Gasteiger partial charge in [-0.3, -0.25) is 4.79 Å². The van der Waals surface area contributed by atoms with Crippen LogP contribution in [0.15, 0.2) is 35.2 Å². The molecule has 0 aliphatic heterocycles. The Kier molecular flexibility index (Phi) is 5.56. The third-order valence-corrected chi connectivity index (χ3v) is 3.99. The Hall–Kier alpha value is -0.610. The smallest absolute Gasteiger partial charge is 0.303 e. The second-order valence-corrected chi connectivity index (χ2v) is 5.20. The molecule has 1 N–H and O–H groups in total. The quantitative estimate of drug-likeness (QED) is 0.599. The number of aliphatic carboxylic acids is 1. The fourth-order valence-corrected chi connectivity index (χ4v) is 2.96. The van der Waals surface area contributed by atoms with Gasteiger partial charge in [-0.15, -0.1) is 0 Å². The number of carboxylic acid groups (broad SMARTS) is 1. The summed E-state index contributed by atoms with van der Waals surface area (Å²) in [6.45, 7) is 0. The van der Waals surface area contributed by atoms with Gasteiger partial charge < -0.3 is 5.11 Å². The van der Waals surface area contributed by atoms with E-state index < -0.39 is 5.97 Å². The third-order valence-electron chi connectivity index (χ3n) is 1.52. The van der Waals surface area contributed by atoms with Crippen molar-refractivity contribution in [3.05, 3.63) is 30.3 Å². The van der Waals surface area contributed by atoms with E-state index in [0.717, 1.165) is 12.2 Å². The highest BCUT2D eigenvalue weighted by Gasteiger charge is 1.97. The van der Waals surface area contributed by atoms with Gasteiger partial charge in [0, 0.05) is 17.1 Å². The van der Waals surface area contributed by atoms with Crippen molar-refractivity contribution < 1.29 is 9.90 Å². The van der Waals surface area contributed by atoms with E-state index >= 15 is 0 Å². The Morgan fingerprint density at radius 3 is 2.64 bits per heavy atom. The van der Waals surface area contributed by atoms with Crippen LogP contribution in [-0.4, -0.2) is 16.8 Å². The Labute approximate surface area is 91.5 Å². The number of rotatable bonds is 6. The molecule has 0 spiro atoms. The lowest BCUT2D eigenvalue weighted by molar-refractivity contribution is -0.137. The fourth-order valence-electron chi connectivity index (χ4n) is 0.868. The maximum absolute atomic E-state index is 10.2. The van der Waals surface area contributed by atoms with E-state index in [0.29, 0.717) is 0 Å². The van der Waals surface area contributed by atoms with Gasteiger partial charge in [-0.1, -0.05) is 39.8 Å². The minimum absolute atomic E-state index is 0.266. The zero-order chi connectivity index (χ0) is 10.2. The second kappa shape index (κ2) is 6.79. The van der Waals surface area contributed by atoms with Crippen LogP contribution in [0, 0.1) is 0 Å². The summed E-state index contributed by atoms with van der Waals surface area (Å²) in [6.07, 6.45) is 1.00. The maximum Gasteiger partial charge on any atom is 0.303 e. The van der Waals surface area contributed by atoms with Crippen molar-refractivity contribution in [1.29, 1.82) is 0 Å². The molecule has 76 valence electrons. The number of benzene rings is 1. The topological polar surface area (TPSA) is 37.3 Å². The zero-order valence-electron chi connectivity index (χ0n) is 7.68. The van der Waals surface area contributed by atoms with Gasteiger partial charge in [0.1, 0.15) is 0 Å². The van der Waals surface area contributed by atoms with Gasteiger partial charge in [0.25, 0.3) is 0 Å². The van der Waals surface area contributed by atoms with E-state index in [2.05, 4.69) is 12.1 Å². The predicted molar refractivity (Wildman–Crippen MR) is 61.6 cm³/mol. The zero-order valence-corrected chi connectivity index (χ0v) is 9.31. The van der Waals surface area contributed by atoms with Gasteiger partial charge in [0.05, 0.1) is 0 Å². The van der Waals surface area contributed by atoms with Gasteiger partial charge in [0.2, 0.25) is 0 Å². The van der Waals surface area contributed by atoms with Crippen molar-refractivity contribution in [2.24, 2.45) is 0 Å². The molecule has 0 fully saturated rings. The molecule has 0 heterocycles. The summed E-state index contributed by atoms with van der Waals surface area (Å²) in [5.41, 5.74) is 0. The third kappa shape index (κ3) is 5.19. The summed E-state index contributed by atoms with van der Waals surface area (Å²) < 4.78 is 0. The van der Waals surface area contributed by atoms with Crippen molar-refractivity contribution in [2.75, 3.05) is 5.75 Å². The summed E-state index contributed by atoms with van der Waals surface area (Å²) >= 11 is 0. The molecule has 0 atom stereocenters. The molecule has 1 aromatic carbocycles. The first-order chi connectivity index (χ1) is 6.79. The minimum Gasteiger partial charge on any atom is -0.481 e. The first-order valence-electron chi connectivity index (χ1n) is 4.35. The molecule has 0 aliphatic rings. The lowest BCUT2D eigenvalue weighted by Gasteiger charge is -1.99. The first-order valence-corrected chi connectivity index (χ1v) is 6.67. The highest BCUT2D eigenvalue weighted by atomic mass is 33.1. The Balaban J connectivity index is 2.08. The molecule has 14 heavy (non-hydrogen) atoms. The first kappa shape index (κ1) is 11.5. The van der Waals surface area contributed by atoms with Gasteiger partial charge in [-0.25, -0.2) is 0 Å². The van der Waals surface area contributed by atoms with E-state index in [1.54, 1.807) is 21.6 Å². The fraction of sp³-hybridized carbons (Fsp3) is 0.300. The van der Waals surface area contributed by atoms with E-state index in [1.165, 1.54) is 4.90 Å². The molecule has 2 nitrogen and oxygen atoms in total. The van der Waals surface area contributed by atoms with Crippen molar-refractivity contribution in [3.63, 3.8) is 0 Å². The molecule has 4 heteroatoms. The Bertz CT molecular complexity index is 275. The highest BCUT2D eigenvalue weighted by molar-refractivity contribution is 8.76. The average Bonchev–Trinajstić information content (AvgIpc) is 2.18. The summed E-state index contributed by atoms with van der Waals surface area (Å²) in [7, 11) is 3.40. The minimum atomic E-state index is -0.713. The monoisotopic (exact) mass is 228 g/mol. The average molecular weight is 228 g/mol. The molecule has 0 unspecified atom stereocenters. The van der Waals surface area contributed by atoms with Crippen LogP contribution in [0.4, 0.5) is 0 Å². The van der Waals surface area contributed by atoms with Crippen LogP contribution in [0.5, 0.6) is 0 Å². The highest BCUT2D eigenvalue weighted by Crippen LogP contribution is 2.31. The van der Waals surface area contributed by atoms with Gasteiger partial charge in [-0.05, 0) is 18.6 Å². The van der Waals surface area contributed by atoms with Crippen molar-refractivity contribution in [3.8, 4) is 0 Å². The van der Waals surface area contributed by atoms with Crippen molar-refractivity contribution in [1.82, 2.24) is 0 Å². The van der Waals surface area contributed by atoms with Crippen LogP contribution in [0.25, 0.3) is 0 Å². The van der Waals surface area contributed by atoms with Crippen LogP contribution in [0.2, 0.25) is 0 Å². The molecular weight excluding hydrogens is 216 g/mol. The largest absolute Gasteiger partial charge is 0.481 e.